The van der Waals surface area contributed by atoms with Crippen molar-refractivity contribution in [3.63, 3.8) is 0 Å². The standard InChI is InChI=1S/C24H23N3O2/c28-23(13-17-14-25-21-7-3-1-5-18(17)21)27-11-9-16(10-12-27)24(29)20-15-26-22-8-4-2-6-19(20)22/h1-8,14-16,25-26H,9-13H2. The van der Waals surface area contributed by atoms with E-state index in [-0.39, 0.29) is 17.6 Å². The van der Waals surface area contributed by atoms with Gasteiger partial charge < -0.3 is 14.9 Å². The molecule has 0 radical (unpaired) electrons. The van der Waals surface area contributed by atoms with Gasteiger partial charge in [-0.15, -0.1) is 0 Å². The quantitative estimate of drug-likeness (QED) is 0.514. The van der Waals surface area contributed by atoms with Crippen molar-refractivity contribution in [1.82, 2.24) is 14.9 Å². The number of likely N-dealkylation sites (tertiary alicyclic amines) is 1. The van der Waals surface area contributed by atoms with E-state index in [0.717, 1.165) is 45.8 Å². The number of nitrogens with zero attached hydrogens (tertiary/aromatic N) is 1. The van der Waals surface area contributed by atoms with Gasteiger partial charge in [0, 0.05) is 58.8 Å². The molecular formula is C24H23N3O2. The van der Waals surface area contributed by atoms with Crippen LogP contribution in [0.25, 0.3) is 21.8 Å². The molecule has 0 unspecified atom stereocenters. The van der Waals surface area contributed by atoms with Gasteiger partial charge in [-0.3, -0.25) is 9.59 Å². The number of piperidine rings is 1. The molecule has 0 spiro atoms. The minimum absolute atomic E-state index is 0.0219. The number of carbonyl (C=O) groups excluding carboxylic acids is 2. The van der Waals surface area contributed by atoms with Crippen LogP contribution in [0.3, 0.4) is 0 Å². The van der Waals surface area contributed by atoms with E-state index >= 15 is 0 Å². The lowest BCUT2D eigenvalue weighted by Gasteiger charge is -2.31. The number of ketones is 1. The van der Waals surface area contributed by atoms with Gasteiger partial charge in [0.1, 0.15) is 0 Å². The number of aromatic nitrogens is 2. The minimum Gasteiger partial charge on any atom is -0.361 e. The average Bonchev–Trinajstić information content (AvgIpc) is 3.38. The van der Waals surface area contributed by atoms with Crippen molar-refractivity contribution in [3.8, 4) is 0 Å². The summed E-state index contributed by atoms with van der Waals surface area (Å²) in [6.07, 6.45) is 5.58. The zero-order valence-corrected chi connectivity index (χ0v) is 16.2. The molecule has 146 valence electrons. The molecule has 0 aliphatic carbocycles. The maximum Gasteiger partial charge on any atom is 0.227 e. The largest absolute Gasteiger partial charge is 0.361 e. The molecule has 5 heteroatoms. The van der Waals surface area contributed by atoms with E-state index in [9.17, 15) is 9.59 Å². The highest BCUT2D eigenvalue weighted by molar-refractivity contribution is 6.09. The van der Waals surface area contributed by atoms with Crippen molar-refractivity contribution in [1.29, 1.82) is 0 Å². The van der Waals surface area contributed by atoms with Crippen molar-refractivity contribution in [3.05, 3.63) is 72.1 Å². The number of benzene rings is 2. The Kier molecular flexibility index (Phi) is 4.43. The third-order valence-corrected chi connectivity index (χ3v) is 6.09. The van der Waals surface area contributed by atoms with E-state index < -0.39 is 0 Å². The number of hydrogen-bond donors (Lipinski definition) is 2. The summed E-state index contributed by atoms with van der Waals surface area (Å²) in [6, 6.07) is 15.9. The molecule has 2 aromatic heterocycles. The topological polar surface area (TPSA) is 69.0 Å². The molecule has 3 heterocycles. The summed E-state index contributed by atoms with van der Waals surface area (Å²) in [5.41, 5.74) is 3.84. The molecule has 0 saturated carbocycles. The van der Waals surface area contributed by atoms with Gasteiger partial charge in [-0.05, 0) is 30.5 Å². The Morgan fingerprint density at radius 1 is 0.862 bits per heavy atom. The van der Waals surface area contributed by atoms with E-state index in [4.69, 9.17) is 0 Å². The minimum atomic E-state index is -0.0219. The van der Waals surface area contributed by atoms with Gasteiger partial charge in [0.05, 0.1) is 6.42 Å². The molecule has 1 aliphatic heterocycles. The molecule has 5 rings (SSSR count). The highest BCUT2D eigenvalue weighted by Crippen LogP contribution is 2.27. The van der Waals surface area contributed by atoms with Gasteiger partial charge in [0.25, 0.3) is 0 Å². The molecule has 0 bridgehead atoms. The molecule has 2 aromatic carbocycles. The molecule has 0 atom stereocenters. The normalized spacial score (nSPS) is 15.2. The fourth-order valence-electron chi connectivity index (χ4n) is 4.44. The zero-order chi connectivity index (χ0) is 19.8. The summed E-state index contributed by atoms with van der Waals surface area (Å²) in [4.78, 5) is 34.2. The van der Waals surface area contributed by atoms with Gasteiger partial charge in [-0.25, -0.2) is 0 Å². The Bertz CT molecular complexity index is 1200. The second kappa shape index (κ2) is 7.24. The number of aromatic amines is 2. The molecule has 1 saturated heterocycles. The summed E-state index contributed by atoms with van der Waals surface area (Å²) >= 11 is 0. The number of H-pyrrole nitrogens is 2. The second-order valence-corrected chi connectivity index (χ2v) is 7.80. The van der Waals surface area contributed by atoms with Crippen molar-refractivity contribution in [2.75, 3.05) is 13.1 Å². The molecule has 4 aromatic rings. The van der Waals surface area contributed by atoms with Gasteiger partial charge in [0.15, 0.2) is 5.78 Å². The Balaban J connectivity index is 1.24. The average molecular weight is 385 g/mol. The van der Waals surface area contributed by atoms with Crippen LogP contribution >= 0.6 is 0 Å². The first-order chi connectivity index (χ1) is 14.2. The molecule has 29 heavy (non-hydrogen) atoms. The predicted octanol–water partition coefficient (Wildman–Crippen LogP) is 4.31. The summed E-state index contributed by atoms with van der Waals surface area (Å²) in [7, 11) is 0. The van der Waals surface area contributed by atoms with E-state index in [1.165, 1.54) is 0 Å². The smallest absolute Gasteiger partial charge is 0.227 e. The predicted molar refractivity (Wildman–Crippen MR) is 114 cm³/mol. The fraction of sp³-hybridized carbons (Fsp3) is 0.250. The van der Waals surface area contributed by atoms with E-state index in [0.29, 0.717) is 19.5 Å². The third kappa shape index (κ3) is 3.23. The van der Waals surface area contributed by atoms with Crippen LogP contribution in [-0.2, 0) is 11.2 Å². The van der Waals surface area contributed by atoms with Crippen LogP contribution in [0.1, 0.15) is 28.8 Å². The van der Waals surface area contributed by atoms with Crippen LogP contribution < -0.4 is 0 Å². The maximum absolute atomic E-state index is 13.0. The number of nitrogens with one attached hydrogen (secondary N) is 2. The van der Waals surface area contributed by atoms with Gasteiger partial charge >= 0.3 is 0 Å². The number of para-hydroxylation sites is 2. The maximum atomic E-state index is 13.0. The Morgan fingerprint density at radius 2 is 1.48 bits per heavy atom. The van der Waals surface area contributed by atoms with E-state index in [1.54, 1.807) is 0 Å². The monoisotopic (exact) mass is 385 g/mol. The Labute approximate surface area is 168 Å². The second-order valence-electron chi connectivity index (χ2n) is 7.80. The zero-order valence-electron chi connectivity index (χ0n) is 16.2. The number of rotatable bonds is 4. The van der Waals surface area contributed by atoms with Crippen molar-refractivity contribution < 1.29 is 9.59 Å². The van der Waals surface area contributed by atoms with Crippen LogP contribution in [0, 0.1) is 5.92 Å². The lowest BCUT2D eigenvalue weighted by molar-refractivity contribution is -0.131. The number of carbonyl (C=O) groups is 2. The van der Waals surface area contributed by atoms with Crippen molar-refractivity contribution in [2.24, 2.45) is 5.92 Å². The lowest BCUT2D eigenvalue weighted by atomic mass is 9.88. The number of Topliss-reactive ketones (excluding diaryl/α,β-unsaturated/α-hetero) is 1. The third-order valence-electron chi connectivity index (χ3n) is 6.09. The highest BCUT2D eigenvalue weighted by Gasteiger charge is 2.29. The first kappa shape index (κ1) is 17.7. The SMILES string of the molecule is O=C(c1c[nH]c2ccccc12)C1CCN(C(=O)Cc2c[nH]c3ccccc23)CC1. The first-order valence-corrected chi connectivity index (χ1v) is 10.1. The fourth-order valence-corrected chi connectivity index (χ4v) is 4.44. The van der Waals surface area contributed by atoms with Crippen molar-refractivity contribution in [2.45, 2.75) is 19.3 Å². The van der Waals surface area contributed by atoms with Crippen LogP contribution in [0.4, 0.5) is 0 Å². The number of hydrogen-bond acceptors (Lipinski definition) is 2. The molecule has 1 aliphatic rings. The van der Waals surface area contributed by atoms with Crippen LogP contribution in [0.15, 0.2) is 60.9 Å². The summed E-state index contributed by atoms with van der Waals surface area (Å²) in [5.74, 6) is 0.297. The molecular weight excluding hydrogens is 362 g/mol. The Hall–Kier alpha value is -3.34. The molecule has 5 nitrogen and oxygen atoms in total. The number of amides is 1. The molecule has 1 fully saturated rings. The van der Waals surface area contributed by atoms with E-state index in [2.05, 4.69) is 9.97 Å². The summed E-state index contributed by atoms with van der Waals surface area (Å²) < 4.78 is 0. The summed E-state index contributed by atoms with van der Waals surface area (Å²) in [6.45, 7) is 1.28. The highest BCUT2D eigenvalue weighted by atomic mass is 16.2. The first-order valence-electron chi connectivity index (χ1n) is 10.1. The van der Waals surface area contributed by atoms with Gasteiger partial charge in [0.2, 0.25) is 5.91 Å². The number of fused-ring (bicyclic) bond motifs is 2. The van der Waals surface area contributed by atoms with Gasteiger partial charge in [-0.2, -0.15) is 0 Å². The van der Waals surface area contributed by atoms with Crippen LogP contribution in [-0.4, -0.2) is 39.6 Å². The molecule has 2 N–H and O–H groups in total. The van der Waals surface area contributed by atoms with E-state index in [1.807, 2.05) is 65.8 Å². The van der Waals surface area contributed by atoms with Crippen LogP contribution in [0.2, 0.25) is 0 Å². The van der Waals surface area contributed by atoms with Crippen molar-refractivity contribution >= 4 is 33.5 Å². The van der Waals surface area contributed by atoms with Crippen LogP contribution in [0.5, 0.6) is 0 Å². The lowest BCUT2D eigenvalue weighted by Crippen LogP contribution is -2.41. The molecule has 1 amide bonds. The van der Waals surface area contributed by atoms with Gasteiger partial charge in [-0.1, -0.05) is 36.4 Å². The Morgan fingerprint density at radius 3 is 2.24 bits per heavy atom. The summed E-state index contributed by atoms with van der Waals surface area (Å²) in [5, 5.41) is 2.08.